The van der Waals surface area contributed by atoms with E-state index in [0.29, 0.717) is 18.8 Å². The minimum atomic E-state index is -1.34. The summed E-state index contributed by atoms with van der Waals surface area (Å²) in [6.07, 6.45) is 4.02. The van der Waals surface area contributed by atoms with Crippen molar-refractivity contribution in [1.82, 2.24) is 5.32 Å². The van der Waals surface area contributed by atoms with Crippen molar-refractivity contribution in [3.63, 3.8) is 0 Å². The number of carbonyl (C=O) groups is 2. The van der Waals surface area contributed by atoms with Crippen molar-refractivity contribution in [2.75, 3.05) is 0 Å². The van der Waals surface area contributed by atoms with Gasteiger partial charge in [-0.05, 0) is 37.2 Å². The van der Waals surface area contributed by atoms with Gasteiger partial charge in [-0.15, -0.1) is 0 Å². The molecular formula is C18H25NO3. The van der Waals surface area contributed by atoms with Crippen LogP contribution < -0.4 is 5.32 Å². The summed E-state index contributed by atoms with van der Waals surface area (Å²) in [6.45, 7) is 2.12. The normalized spacial score (nSPS) is 26.0. The monoisotopic (exact) mass is 308 g/mol. The highest BCUT2D eigenvalue weighted by molar-refractivity contribution is 5.85. The number of hydrogen-bond donors (Lipinski definition) is 2. The second kappa shape index (κ2) is 7.97. The fraction of sp³-hybridized carbons (Fsp3) is 0.556. The molecule has 0 heterocycles. The molecule has 0 radical (unpaired) electrons. The van der Waals surface area contributed by atoms with Crippen LogP contribution in [0.2, 0.25) is 0 Å². The number of hydrogen-bond acceptors (Lipinski definition) is 2. The van der Waals surface area contributed by atoms with Crippen molar-refractivity contribution >= 4 is 11.9 Å². The molecule has 4 nitrogen and oxygen atoms in total. The summed E-state index contributed by atoms with van der Waals surface area (Å²) in [7, 11) is 0. The smallest absolute Gasteiger partial charge is 0.326 e. The highest BCUT2D eigenvalue weighted by Gasteiger charge is 2.28. The molecule has 1 aliphatic rings. The zero-order valence-electron chi connectivity index (χ0n) is 17.7. The van der Waals surface area contributed by atoms with E-state index in [1.54, 1.807) is 0 Å². The first-order valence-electron chi connectivity index (χ1n) is 10.3. The maximum Gasteiger partial charge on any atom is 0.326 e. The van der Waals surface area contributed by atoms with Gasteiger partial charge in [-0.3, -0.25) is 4.79 Å². The molecule has 22 heavy (non-hydrogen) atoms. The zero-order chi connectivity index (χ0) is 20.3. The molecule has 0 bridgehead atoms. The SMILES string of the molecule is [2H]c1c([2H])c([2H])c(C[C@@H](NC(=O)C2CCC(CC)CC2)C(=O)O)c([2H])c1[2H]. The summed E-state index contributed by atoms with van der Waals surface area (Å²) < 4.78 is 38.8. The molecule has 1 amide bonds. The summed E-state index contributed by atoms with van der Waals surface area (Å²) >= 11 is 0. The topological polar surface area (TPSA) is 66.4 Å². The number of carbonyl (C=O) groups excluding carboxylic acids is 1. The quantitative estimate of drug-likeness (QED) is 0.849. The van der Waals surface area contributed by atoms with Gasteiger partial charge in [-0.25, -0.2) is 4.79 Å². The Hall–Kier alpha value is -1.84. The van der Waals surface area contributed by atoms with Crippen molar-refractivity contribution in [3.8, 4) is 0 Å². The maximum absolute atomic E-state index is 12.5. The maximum atomic E-state index is 12.5. The molecule has 1 saturated carbocycles. The summed E-state index contributed by atoms with van der Waals surface area (Å²) in [5.41, 5.74) is -0.108. The van der Waals surface area contributed by atoms with Gasteiger partial charge < -0.3 is 10.4 Å². The number of amides is 1. The Morgan fingerprint density at radius 2 is 1.91 bits per heavy atom. The lowest BCUT2D eigenvalue weighted by atomic mass is 9.80. The largest absolute Gasteiger partial charge is 0.480 e. The number of aliphatic carboxylic acids is 1. The molecule has 0 aromatic heterocycles. The van der Waals surface area contributed by atoms with Crippen molar-refractivity contribution in [2.45, 2.75) is 51.5 Å². The Kier molecular flexibility index (Phi) is 3.92. The summed E-state index contributed by atoms with van der Waals surface area (Å²) in [5.74, 6) is -1.27. The van der Waals surface area contributed by atoms with Crippen LogP contribution in [0.25, 0.3) is 0 Å². The Labute approximate surface area is 138 Å². The zero-order valence-corrected chi connectivity index (χ0v) is 12.7. The first-order valence-corrected chi connectivity index (χ1v) is 7.76. The Balaban J connectivity index is 2.15. The molecule has 0 saturated heterocycles. The Morgan fingerprint density at radius 3 is 2.45 bits per heavy atom. The predicted octanol–water partition coefficient (Wildman–Crippen LogP) is 3.01. The second-order valence-electron chi connectivity index (χ2n) is 5.83. The fourth-order valence-electron chi connectivity index (χ4n) is 2.90. The van der Waals surface area contributed by atoms with Crippen LogP contribution in [0.3, 0.4) is 0 Å². The summed E-state index contributed by atoms with van der Waals surface area (Å²) in [4.78, 5) is 24.1. The lowest BCUT2D eigenvalue weighted by Crippen LogP contribution is -2.45. The minimum Gasteiger partial charge on any atom is -0.480 e. The third kappa shape index (κ3) is 4.58. The van der Waals surface area contributed by atoms with E-state index in [9.17, 15) is 14.7 Å². The van der Waals surface area contributed by atoms with Crippen molar-refractivity contribution in [3.05, 3.63) is 35.8 Å². The van der Waals surface area contributed by atoms with Gasteiger partial charge in [-0.1, -0.05) is 43.6 Å². The van der Waals surface area contributed by atoms with E-state index >= 15 is 0 Å². The van der Waals surface area contributed by atoms with E-state index in [-0.39, 0.29) is 23.8 Å². The minimum absolute atomic E-state index is 0.108. The van der Waals surface area contributed by atoms with E-state index in [0.717, 1.165) is 19.3 Å². The van der Waals surface area contributed by atoms with Gasteiger partial charge in [0.25, 0.3) is 0 Å². The van der Waals surface area contributed by atoms with Crippen LogP contribution in [0.15, 0.2) is 30.2 Å². The third-order valence-corrected chi connectivity index (χ3v) is 4.37. The average molecular weight is 308 g/mol. The van der Waals surface area contributed by atoms with Gasteiger partial charge in [0.05, 0.1) is 6.85 Å². The van der Waals surface area contributed by atoms with Gasteiger partial charge in [0.15, 0.2) is 0 Å². The van der Waals surface area contributed by atoms with Crippen molar-refractivity contribution in [2.24, 2.45) is 11.8 Å². The lowest BCUT2D eigenvalue weighted by Gasteiger charge is -2.28. The molecule has 2 rings (SSSR count). The molecule has 1 atom stereocenters. The Bertz CT molecular complexity index is 703. The lowest BCUT2D eigenvalue weighted by molar-refractivity contribution is -0.142. The van der Waals surface area contributed by atoms with Crippen LogP contribution in [-0.4, -0.2) is 23.0 Å². The fourth-order valence-corrected chi connectivity index (χ4v) is 2.90. The van der Waals surface area contributed by atoms with E-state index in [4.69, 9.17) is 6.85 Å². The molecule has 4 heteroatoms. The number of nitrogens with one attached hydrogen (secondary N) is 1. The van der Waals surface area contributed by atoms with Crippen LogP contribution in [0.5, 0.6) is 0 Å². The average Bonchev–Trinajstić information content (AvgIpc) is 2.66. The van der Waals surface area contributed by atoms with Gasteiger partial charge in [-0.2, -0.15) is 0 Å². The molecule has 2 N–H and O–H groups in total. The van der Waals surface area contributed by atoms with Crippen LogP contribution in [0.4, 0.5) is 0 Å². The summed E-state index contributed by atoms with van der Waals surface area (Å²) in [5, 5.41) is 12.0. The first kappa shape index (κ1) is 10.8. The van der Waals surface area contributed by atoms with Crippen LogP contribution in [0.1, 0.15) is 51.4 Å². The number of benzene rings is 1. The third-order valence-electron chi connectivity index (χ3n) is 4.37. The molecular weight excluding hydrogens is 278 g/mol. The standard InChI is InChI=1S/C18H25NO3/c1-2-13-8-10-15(11-9-13)17(20)19-16(18(21)22)12-14-6-4-3-5-7-14/h3-7,13,15-16H,2,8-12H2,1H3,(H,19,20)(H,21,22)/t13?,15?,16-/m1/s1/i3D,4D,5D,6D,7D. The summed E-state index contributed by atoms with van der Waals surface area (Å²) in [6, 6.07) is -3.78. The molecule has 1 aromatic carbocycles. The molecule has 1 aromatic rings. The molecule has 1 fully saturated rings. The second-order valence-corrected chi connectivity index (χ2v) is 5.83. The molecule has 120 valence electrons. The van der Waals surface area contributed by atoms with Crippen LogP contribution >= 0.6 is 0 Å². The highest BCUT2D eigenvalue weighted by Crippen LogP contribution is 2.30. The number of carboxylic acid groups (broad SMARTS) is 1. The van der Waals surface area contributed by atoms with Gasteiger partial charge in [0.1, 0.15) is 6.04 Å². The molecule has 0 aliphatic heterocycles. The van der Waals surface area contributed by atoms with Gasteiger partial charge >= 0.3 is 5.97 Å². The molecule has 0 unspecified atom stereocenters. The van der Waals surface area contributed by atoms with E-state index in [1.165, 1.54) is 0 Å². The van der Waals surface area contributed by atoms with E-state index in [2.05, 4.69) is 12.2 Å². The molecule has 1 aliphatic carbocycles. The molecule has 0 spiro atoms. The van der Waals surface area contributed by atoms with Crippen LogP contribution in [0, 0.1) is 11.8 Å². The number of rotatable bonds is 6. The highest BCUT2D eigenvalue weighted by atomic mass is 16.4. The van der Waals surface area contributed by atoms with Gasteiger partial charge in [0, 0.05) is 12.3 Å². The number of carboxylic acids is 1. The van der Waals surface area contributed by atoms with Crippen molar-refractivity contribution < 1.29 is 21.5 Å². The van der Waals surface area contributed by atoms with E-state index in [1.807, 2.05) is 0 Å². The van der Waals surface area contributed by atoms with Crippen molar-refractivity contribution in [1.29, 1.82) is 0 Å². The van der Waals surface area contributed by atoms with Crippen LogP contribution in [-0.2, 0) is 16.0 Å². The van der Waals surface area contributed by atoms with Gasteiger partial charge in [0.2, 0.25) is 5.91 Å². The predicted molar refractivity (Wildman–Crippen MR) is 85.5 cm³/mol. The Morgan fingerprint density at radius 1 is 1.27 bits per heavy atom. The first-order chi connectivity index (χ1) is 12.7. The van der Waals surface area contributed by atoms with E-state index < -0.39 is 42.2 Å².